The highest BCUT2D eigenvalue weighted by Gasteiger charge is 2.12. The largest absolute Gasteiger partial charge is 0.366 e. The molecule has 26 heavy (non-hydrogen) atoms. The number of aromatic nitrogens is 2. The van der Waals surface area contributed by atoms with Crippen molar-refractivity contribution in [3.8, 4) is 0 Å². The molecule has 0 unspecified atom stereocenters. The molecule has 3 aromatic rings. The zero-order chi connectivity index (χ0) is 18.5. The topological polar surface area (TPSA) is 66.9 Å². The minimum atomic E-state index is -0.867. The van der Waals surface area contributed by atoms with Crippen molar-refractivity contribution in [3.05, 3.63) is 82.8 Å². The summed E-state index contributed by atoms with van der Waals surface area (Å²) in [6.45, 7) is 0.474. The second-order valence-corrected chi connectivity index (χ2v) is 5.78. The van der Waals surface area contributed by atoms with Gasteiger partial charge in [0.2, 0.25) is 0 Å². The number of benzene rings is 2. The lowest BCUT2D eigenvalue weighted by Gasteiger charge is -2.08. The zero-order valence-electron chi connectivity index (χ0n) is 13.3. The Morgan fingerprint density at radius 1 is 1.04 bits per heavy atom. The molecule has 2 aromatic carbocycles. The molecule has 0 spiro atoms. The van der Waals surface area contributed by atoms with E-state index in [-0.39, 0.29) is 11.4 Å². The Morgan fingerprint density at radius 3 is 2.54 bits per heavy atom. The molecule has 3 rings (SSSR count). The molecule has 5 nitrogen and oxygen atoms in total. The Labute approximate surface area is 153 Å². The van der Waals surface area contributed by atoms with E-state index in [1.165, 1.54) is 12.4 Å². The van der Waals surface area contributed by atoms with Crippen LogP contribution < -0.4 is 10.6 Å². The molecule has 0 saturated carbocycles. The van der Waals surface area contributed by atoms with Crippen LogP contribution in [-0.2, 0) is 6.54 Å². The lowest BCUT2D eigenvalue weighted by molar-refractivity contribution is 0.102. The van der Waals surface area contributed by atoms with E-state index in [1.54, 1.807) is 12.1 Å². The van der Waals surface area contributed by atoms with E-state index in [0.717, 1.165) is 17.7 Å². The van der Waals surface area contributed by atoms with E-state index in [9.17, 15) is 13.6 Å². The number of amides is 1. The molecule has 0 aliphatic heterocycles. The lowest BCUT2D eigenvalue weighted by Crippen LogP contribution is -2.15. The summed E-state index contributed by atoms with van der Waals surface area (Å²) in [4.78, 5) is 20.1. The van der Waals surface area contributed by atoms with Gasteiger partial charge in [-0.1, -0.05) is 23.7 Å². The molecule has 0 fully saturated rings. The summed E-state index contributed by atoms with van der Waals surface area (Å²) < 4.78 is 26.6. The van der Waals surface area contributed by atoms with Crippen LogP contribution in [0.5, 0.6) is 0 Å². The summed E-state index contributed by atoms with van der Waals surface area (Å²) in [5.41, 5.74) is 0.889. The molecule has 132 valence electrons. The zero-order valence-corrected chi connectivity index (χ0v) is 14.1. The van der Waals surface area contributed by atoms with E-state index in [0.29, 0.717) is 23.5 Å². The maximum atomic E-state index is 13.6. The Balaban J connectivity index is 1.67. The number of nitrogens with zero attached hydrogens (tertiary/aromatic N) is 2. The number of halogens is 3. The number of rotatable bonds is 5. The SMILES string of the molecule is O=C(Nc1ccc(F)cc1F)c1cc(NCc2ccc(Cl)cc2)ncn1. The fraction of sp³-hybridized carbons (Fsp3) is 0.0556. The van der Waals surface area contributed by atoms with Gasteiger partial charge in [-0.15, -0.1) is 0 Å². The summed E-state index contributed by atoms with van der Waals surface area (Å²) >= 11 is 5.84. The van der Waals surface area contributed by atoms with Gasteiger partial charge >= 0.3 is 0 Å². The van der Waals surface area contributed by atoms with E-state index < -0.39 is 17.5 Å². The van der Waals surface area contributed by atoms with Gasteiger partial charge in [0.05, 0.1) is 5.69 Å². The minimum absolute atomic E-state index is 0.0438. The number of nitrogens with one attached hydrogen (secondary N) is 2. The van der Waals surface area contributed by atoms with Crippen molar-refractivity contribution in [3.63, 3.8) is 0 Å². The molecular formula is C18H13ClF2N4O. The minimum Gasteiger partial charge on any atom is -0.366 e. The van der Waals surface area contributed by atoms with Gasteiger partial charge in [-0.25, -0.2) is 18.7 Å². The second kappa shape index (κ2) is 7.88. The summed E-state index contributed by atoms with van der Waals surface area (Å²) in [7, 11) is 0. The first-order valence-corrected chi connectivity index (χ1v) is 7.96. The van der Waals surface area contributed by atoms with Crippen LogP contribution in [0.4, 0.5) is 20.3 Å². The third kappa shape index (κ3) is 4.52. The van der Waals surface area contributed by atoms with Crippen molar-refractivity contribution in [1.82, 2.24) is 9.97 Å². The molecule has 1 amide bonds. The van der Waals surface area contributed by atoms with Crippen LogP contribution in [0.3, 0.4) is 0 Å². The first-order chi connectivity index (χ1) is 12.5. The molecule has 0 atom stereocenters. The van der Waals surface area contributed by atoms with Crippen LogP contribution in [0.2, 0.25) is 5.02 Å². The quantitative estimate of drug-likeness (QED) is 0.699. The standard InChI is InChI=1S/C18H13ClF2N4O/c19-12-3-1-11(2-4-12)9-22-17-8-16(23-10-24-17)18(26)25-15-6-5-13(20)7-14(15)21/h1-8,10H,9H2,(H,25,26)(H,22,23,24). The van der Waals surface area contributed by atoms with Crippen molar-refractivity contribution in [2.75, 3.05) is 10.6 Å². The van der Waals surface area contributed by atoms with Crippen LogP contribution in [0, 0.1) is 11.6 Å². The van der Waals surface area contributed by atoms with Crippen LogP contribution >= 0.6 is 11.6 Å². The van der Waals surface area contributed by atoms with Crippen molar-refractivity contribution >= 4 is 29.0 Å². The monoisotopic (exact) mass is 374 g/mol. The van der Waals surface area contributed by atoms with E-state index in [2.05, 4.69) is 20.6 Å². The van der Waals surface area contributed by atoms with Crippen molar-refractivity contribution < 1.29 is 13.6 Å². The van der Waals surface area contributed by atoms with Crippen LogP contribution in [0.15, 0.2) is 54.9 Å². The molecule has 0 radical (unpaired) electrons. The van der Waals surface area contributed by atoms with Gasteiger partial charge in [0, 0.05) is 23.7 Å². The fourth-order valence-electron chi connectivity index (χ4n) is 2.15. The van der Waals surface area contributed by atoms with Gasteiger partial charge in [-0.05, 0) is 29.8 Å². The highest BCUT2D eigenvalue weighted by molar-refractivity contribution is 6.30. The normalized spacial score (nSPS) is 10.4. The predicted molar refractivity (Wildman–Crippen MR) is 95.1 cm³/mol. The first kappa shape index (κ1) is 17.8. The molecule has 1 heterocycles. The summed E-state index contributed by atoms with van der Waals surface area (Å²) in [6.07, 6.45) is 1.22. The highest BCUT2D eigenvalue weighted by Crippen LogP contribution is 2.16. The van der Waals surface area contributed by atoms with Gasteiger partial charge in [-0.3, -0.25) is 4.79 Å². The average molecular weight is 375 g/mol. The molecule has 0 aliphatic rings. The van der Waals surface area contributed by atoms with Gasteiger partial charge in [0.15, 0.2) is 0 Å². The van der Waals surface area contributed by atoms with Gasteiger partial charge in [0.1, 0.15) is 29.5 Å². The number of carbonyl (C=O) groups is 1. The summed E-state index contributed by atoms with van der Waals surface area (Å²) in [5.74, 6) is -1.79. The van der Waals surface area contributed by atoms with Gasteiger partial charge in [-0.2, -0.15) is 0 Å². The Hall–Kier alpha value is -3.06. The maximum absolute atomic E-state index is 13.6. The Kier molecular flexibility index (Phi) is 5.38. The van der Waals surface area contributed by atoms with E-state index >= 15 is 0 Å². The van der Waals surface area contributed by atoms with Crippen molar-refractivity contribution in [2.24, 2.45) is 0 Å². The molecule has 1 aromatic heterocycles. The third-order valence-electron chi connectivity index (χ3n) is 3.47. The van der Waals surface area contributed by atoms with Crippen LogP contribution in [0.1, 0.15) is 16.1 Å². The molecule has 0 bridgehead atoms. The number of hydrogen-bond acceptors (Lipinski definition) is 4. The smallest absolute Gasteiger partial charge is 0.274 e. The van der Waals surface area contributed by atoms with Crippen LogP contribution in [0.25, 0.3) is 0 Å². The van der Waals surface area contributed by atoms with Crippen molar-refractivity contribution in [2.45, 2.75) is 6.54 Å². The number of hydrogen-bond donors (Lipinski definition) is 2. The molecular weight excluding hydrogens is 362 g/mol. The van der Waals surface area contributed by atoms with Gasteiger partial charge in [0.25, 0.3) is 5.91 Å². The van der Waals surface area contributed by atoms with E-state index in [4.69, 9.17) is 11.6 Å². The second-order valence-electron chi connectivity index (χ2n) is 5.35. The Bertz CT molecular complexity index is 935. The molecule has 0 aliphatic carbocycles. The molecule has 8 heteroatoms. The molecule has 0 saturated heterocycles. The van der Waals surface area contributed by atoms with Crippen molar-refractivity contribution in [1.29, 1.82) is 0 Å². The highest BCUT2D eigenvalue weighted by atomic mass is 35.5. The summed E-state index contributed by atoms with van der Waals surface area (Å²) in [5, 5.41) is 6.05. The van der Waals surface area contributed by atoms with Crippen LogP contribution in [-0.4, -0.2) is 15.9 Å². The number of carbonyl (C=O) groups excluding carboxylic acids is 1. The fourth-order valence-corrected chi connectivity index (χ4v) is 2.28. The molecule has 2 N–H and O–H groups in total. The van der Waals surface area contributed by atoms with Gasteiger partial charge < -0.3 is 10.6 Å². The lowest BCUT2D eigenvalue weighted by atomic mass is 10.2. The maximum Gasteiger partial charge on any atom is 0.274 e. The predicted octanol–water partition coefficient (Wildman–Crippen LogP) is 4.27. The third-order valence-corrected chi connectivity index (χ3v) is 3.72. The summed E-state index contributed by atoms with van der Waals surface area (Å²) in [6, 6.07) is 11.6. The first-order valence-electron chi connectivity index (χ1n) is 7.58. The van der Waals surface area contributed by atoms with E-state index in [1.807, 2.05) is 12.1 Å². The Morgan fingerprint density at radius 2 is 1.81 bits per heavy atom. The average Bonchev–Trinajstić information content (AvgIpc) is 2.64. The number of anilines is 2.